The minimum Gasteiger partial charge on any atom is -0.382 e. The highest BCUT2D eigenvalue weighted by Crippen LogP contribution is 2.12. The van der Waals surface area contributed by atoms with Gasteiger partial charge in [-0.05, 0) is 19.3 Å². The van der Waals surface area contributed by atoms with E-state index in [1.54, 1.807) is 7.11 Å². The first kappa shape index (κ1) is 42.3. The van der Waals surface area contributed by atoms with Gasteiger partial charge in [-0.1, -0.05) is 129 Å². The lowest BCUT2D eigenvalue weighted by molar-refractivity contribution is -0.123. The van der Waals surface area contributed by atoms with Crippen LogP contribution in [-0.2, 0) is 28.5 Å². The number of hydrogen-bond donors (Lipinski definition) is 1. The monoisotopic (exact) mass is 616 g/mol. The summed E-state index contributed by atoms with van der Waals surface area (Å²) in [5, 5.41) is 2.93. The van der Waals surface area contributed by atoms with E-state index >= 15 is 0 Å². The molecule has 258 valence electrons. The van der Waals surface area contributed by atoms with Crippen molar-refractivity contribution in [2.75, 3.05) is 66.5 Å². The van der Waals surface area contributed by atoms with E-state index in [2.05, 4.69) is 19.2 Å². The van der Waals surface area contributed by atoms with Crippen molar-refractivity contribution in [1.82, 2.24) is 5.32 Å². The molecule has 1 atom stereocenters. The number of hydrogen-bond acceptors (Lipinski definition) is 6. The number of ether oxygens (including phenoxy) is 5. The van der Waals surface area contributed by atoms with Crippen LogP contribution in [0.25, 0.3) is 0 Å². The van der Waals surface area contributed by atoms with Crippen molar-refractivity contribution < 1.29 is 28.5 Å². The highest BCUT2D eigenvalue weighted by Gasteiger charge is 2.11. The molecule has 0 bridgehead atoms. The van der Waals surface area contributed by atoms with Crippen molar-refractivity contribution in [3.8, 4) is 0 Å². The normalized spacial score (nSPS) is 12.2. The van der Waals surface area contributed by atoms with Crippen LogP contribution in [0.5, 0.6) is 0 Å². The van der Waals surface area contributed by atoms with Crippen molar-refractivity contribution in [1.29, 1.82) is 0 Å². The van der Waals surface area contributed by atoms with Gasteiger partial charge in [0.2, 0.25) is 5.91 Å². The number of methoxy groups -OCH3 is 1. The van der Waals surface area contributed by atoms with Crippen molar-refractivity contribution in [3.05, 3.63) is 0 Å². The van der Waals surface area contributed by atoms with Gasteiger partial charge in [-0.2, -0.15) is 0 Å². The van der Waals surface area contributed by atoms with Crippen LogP contribution in [0.3, 0.4) is 0 Å². The molecule has 1 amide bonds. The van der Waals surface area contributed by atoms with Gasteiger partial charge in [0.25, 0.3) is 0 Å². The fraction of sp³-hybridized carbons (Fsp3) is 0.972. The Bertz CT molecular complexity index is 536. The molecule has 0 rings (SSSR count). The summed E-state index contributed by atoms with van der Waals surface area (Å²) < 4.78 is 28.4. The van der Waals surface area contributed by atoms with Crippen molar-refractivity contribution in [2.24, 2.45) is 0 Å². The Morgan fingerprint density at radius 2 is 0.977 bits per heavy atom. The van der Waals surface area contributed by atoms with E-state index in [9.17, 15) is 4.79 Å². The Morgan fingerprint density at radius 3 is 1.51 bits per heavy atom. The van der Waals surface area contributed by atoms with Crippen molar-refractivity contribution >= 4 is 5.91 Å². The maximum Gasteiger partial charge on any atom is 0.222 e. The van der Waals surface area contributed by atoms with E-state index in [1.165, 1.54) is 116 Å². The van der Waals surface area contributed by atoms with Crippen LogP contribution in [0.1, 0.15) is 155 Å². The van der Waals surface area contributed by atoms with Crippen LogP contribution in [0.2, 0.25) is 0 Å². The minimum absolute atomic E-state index is 0.0110. The van der Waals surface area contributed by atoms with Crippen LogP contribution in [0, 0.1) is 0 Å². The second-order valence-corrected chi connectivity index (χ2v) is 12.1. The third kappa shape index (κ3) is 35.6. The molecule has 0 aromatic heterocycles. The zero-order chi connectivity index (χ0) is 31.3. The lowest BCUT2D eigenvalue weighted by Gasteiger charge is -2.18. The smallest absolute Gasteiger partial charge is 0.222 e. The second-order valence-electron chi connectivity index (χ2n) is 12.1. The van der Waals surface area contributed by atoms with Gasteiger partial charge in [0.1, 0.15) is 6.10 Å². The van der Waals surface area contributed by atoms with Gasteiger partial charge in [0.05, 0.1) is 33.0 Å². The number of carbonyl (C=O) groups is 1. The Kier molecular flexibility index (Phi) is 36.8. The third-order valence-electron chi connectivity index (χ3n) is 7.79. The predicted octanol–water partition coefficient (Wildman–Crippen LogP) is 8.81. The molecular formula is C36H73NO6. The Labute approximate surface area is 267 Å². The van der Waals surface area contributed by atoms with E-state index < -0.39 is 0 Å². The largest absolute Gasteiger partial charge is 0.382 e. The van der Waals surface area contributed by atoms with Gasteiger partial charge >= 0.3 is 0 Å². The Hall–Kier alpha value is -0.730. The molecule has 0 aliphatic rings. The maximum atomic E-state index is 12.1. The average Bonchev–Trinajstić information content (AvgIpc) is 3.01. The summed E-state index contributed by atoms with van der Waals surface area (Å²) in [6.45, 7) is 9.92. The summed E-state index contributed by atoms with van der Waals surface area (Å²) in [6.07, 6.45) is 27.5. The molecule has 0 aromatic rings. The van der Waals surface area contributed by atoms with Crippen LogP contribution in [0.4, 0.5) is 0 Å². The predicted molar refractivity (Wildman–Crippen MR) is 180 cm³/mol. The molecule has 0 spiro atoms. The minimum atomic E-state index is -0.0750. The summed E-state index contributed by atoms with van der Waals surface area (Å²) in [6, 6.07) is 0. The fourth-order valence-electron chi connectivity index (χ4n) is 5.00. The molecule has 1 N–H and O–H groups in total. The molecule has 0 aliphatic heterocycles. The summed E-state index contributed by atoms with van der Waals surface area (Å²) in [4.78, 5) is 12.1. The van der Waals surface area contributed by atoms with Crippen LogP contribution in [-0.4, -0.2) is 78.5 Å². The molecule has 43 heavy (non-hydrogen) atoms. The summed E-state index contributed by atoms with van der Waals surface area (Å²) in [7, 11) is 1.66. The summed E-state index contributed by atoms with van der Waals surface area (Å²) in [5.74, 6) is 0.0110. The average molecular weight is 616 g/mol. The van der Waals surface area contributed by atoms with E-state index in [1.807, 2.05) is 0 Å². The van der Waals surface area contributed by atoms with Crippen LogP contribution in [0.15, 0.2) is 0 Å². The van der Waals surface area contributed by atoms with E-state index in [0.29, 0.717) is 52.6 Å². The Balaban J connectivity index is 4.02. The summed E-state index contributed by atoms with van der Waals surface area (Å²) in [5.41, 5.74) is 0. The molecule has 0 aromatic carbocycles. The van der Waals surface area contributed by atoms with Gasteiger partial charge in [0, 0.05) is 39.9 Å². The van der Waals surface area contributed by atoms with Gasteiger partial charge in [-0.3, -0.25) is 4.79 Å². The molecule has 0 fully saturated rings. The zero-order valence-corrected chi connectivity index (χ0v) is 28.9. The maximum absolute atomic E-state index is 12.1. The van der Waals surface area contributed by atoms with Gasteiger partial charge < -0.3 is 29.0 Å². The zero-order valence-electron chi connectivity index (χ0n) is 28.9. The van der Waals surface area contributed by atoms with Crippen LogP contribution < -0.4 is 5.32 Å². The molecule has 0 heterocycles. The van der Waals surface area contributed by atoms with E-state index in [0.717, 1.165) is 32.5 Å². The first-order valence-corrected chi connectivity index (χ1v) is 18.3. The number of carbonyl (C=O) groups excluding carboxylic acids is 1. The molecule has 0 saturated heterocycles. The molecule has 0 aliphatic carbocycles. The van der Waals surface area contributed by atoms with Gasteiger partial charge in [-0.25, -0.2) is 0 Å². The van der Waals surface area contributed by atoms with E-state index in [-0.39, 0.29) is 12.0 Å². The molecule has 0 unspecified atom stereocenters. The highest BCUT2D eigenvalue weighted by atomic mass is 16.6. The van der Waals surface area contributed by atoms with Gasteiger partial charge in [0.15, 0.2) is 0 Å². The standard InChI is InChI=1S/C36H73NO6/c1-4-6-8-10-12-14-16-18-20-22-27-41-33-35(43-29-23-21-19-17-15-13-11-9-7-5-2)34-42-30-25-36(38)37-26-24-28-40-32-31-39-3/h35H,4-34H2,1-3H3,(H,37,38)/t35-/m1/s1. The second kappa shape index (κ2) is 37.5. The molecular weight excluding hydrogens is 542 g/mol. The van der Waals surface area contributed by atoms with Crippen LogP contribution >= 0.6 is 0 Å². The van der Waals surface area contributed by atoms with Crippen molar-refractivity contribution in [2.45, 2.75) is 161 Å². The number of unbranched alkanes of at least 4 members (excludes halogenated alkanes) is 18. The third-order valence-corrected chi connectivity index (χ3v) is 7.79. The van der Waals surface area contributed by atoms with E-state index in [4.69, 9.17) is 23.7 Å². The summed E-state index contributed by atoms with van der Waals surface area (Å²) >= 11 is 0. The molecule has 0 saturated carbocycles. The van der Waals surface area contributed by atoms with Gasteiger partial charge in [-0.15, -0.1) is 0 Å². The lowest BCUT2D eigenvalue weighted by Crippen LogP contribution is -2.29. The topological polar surface area (TPSA) is 75.3 Å². The molecule has 7 heteroatoms. The number of rotatable bonds is 37. The molecule has 7 nitrogen and oxygen atoms in total. The van der Waals surface area contributed by atoms with Crippen molar-refractivity contribution in [3.63, 3.8) is 0 Å². The number of nitrogens with one attached hydrogen (secondary N) is 1. The fourth-order valence-corrected chi connectivity index (χ4v) is 5.00. The quantitative estimate of drug-likeness (QED) is 0.0704. The molecule has 0 radical (unpaired) electrons. The Morgan fingerprint density at radius 1 is 0.512 bits per heavy atom. The number of amides is 1. The highest BCUT2D eigenvalue weighted by molar-refractivity contribution is 5.75. The first-order valence-electron chi connectivity index (χ1n) is 18.3. The lowest BCUT2D eigenvalue weighted by atomic mass is 10.1. The first-order chi connectivity index (χ1) is 21.2. The SMILES string of the molecule is CCCCCCCCCCCCOC[C@H](COCCC(=O)NCCCOCCOC)OCCCCCCCCCCCC.